The van der Waals surface area contributed by atoms with Crippen molar-refractivity contribution >= 4 is 17.5 Å². The van der Waals surface area contributed by atoms with E-state index in [1.54, 1.807) is 0 Å². The summed E-state index contributed by atoms with van der Waals surface area (Å²) in [6.07, 6.45) is -4.51. The summed E-state index contributed by atoms with van der Waals surface area (Å²) in [5.41, 5.74) is 3.56. The van der Waals surface area contributed by atoms with Gasteiger partial charge >= 0.3 is 6.18 Å². The Labute approximate surface area is 82.5 Å². The van der Waals surface area contributed by atoms with E-state index < -0.39 is 17.6 Å². The predicted octanol–water partition coefficient (Wildman–Crippen LogP) is 2.46. The van der Waals surface area contributed by atoms with E-state index in [9.17, 15) is 18.0 Å². The van der Waals surface area contributed by atoms with Gasteiger partial charge in [0.15, 0.2) is 0 Å². The Morgan fingerprint density at radius 1 is 1.36 bits per heavy atom. The maximum absolute atomic E-state index is 12.2. The maximum atomic E-state index is 12.2. The molecule has 0 atom stereocenters. The lowest BCUT2D eigenvalue weighted by Crippen LogP contribution is -2.14. The number of hydrogen-bond acceptors (Lipinski definition) is 1. The molecule has 6 heteroatoms. The summed E-state index contributed by atoms with van der Waals surface area (Å²) in [6.45, 7) is 0. The molecule has 0 aromatic heterocycles. The van der Waals surface area contributed by atoms with E-state index >= 15 is 0 Å². The van der Waals surface area contributed by atoms with Gasteiger partial charge in [0.25, 0.3) is 0 Å². The SMILES string of the molecule is NC(=O)c1cc(C(F)(F)F)ccc1Cl. The highest BCUT2D eigenvalue weighted by Gasteiger charge is 2.31. The van der Waals surface area contributed by atoms with E-state index in [2.05, 4.69) is 0 Å². The Balaban J connectivity index is 3.27. The van der Waals surface area contributed by atoms with Crippen LogP contribution in [0.4, 0.5) is 13.2 Å². The highest BCUT2D eigenvalue weighted by atomic mass is 35.5. The molecule has 0 saturated heterocycles. The first-order valence-corrected chi connectivity index (χ1v) is 3.86. The van der Waals surface area contributed by atoms with E-state index in [0.29, 0.717) is 6.07 Å². The molecule has 0 bridgehead atoms. The molecular weight excluding hydrogens is 219 g/mol. The number of benzene rings is 1. The van der Waals surface area contributed by atoms with Gasteiger partial charge in [-0.25, -0.2) is 0 Å². The number of alkyl halides is 3. The first-order chi connectivity index (χ1) is 6.32. The molecule has 0 heterocycles. The quantitative estimate of drug-likeness (QED) is 0.781. The minimum Gasteiger partial charge on any atom is -0.366 e. The van der Waals surface area contributed by atoms with Crippen LogP contribution in [0.25, 0.3) is 0 Å². The molecule has 1 aromatic rings. The number of hydrogen-bond donors (Lipinski definition) is 1. The third-order valence-corrected chi connectivity index (χ3v) is 1.89. The van der Waals surface area contributed by atoms with Gasteiger partial charge in [-0.2, -0.15) is 13.2 Å². The van der Waals surface area contributed by atoms with E-state index in [1.165, 1.54) is 0 Å². The van der Waals surface area contributed by atoms with Crippen molar-refractivity contribution in [2.45, 2.75) is 6.18 Å². The van der Waals surface area contributed by atoms with Crippen molar-refractivity contribution in [2.75, 3.05) is 0 Å². The third-order valence-electron chi connectivity index (χ3n) is 1.56. The number of halogens is 4. The van der Waals surface area contributed by atoms with Crippen LogP contribution < -0.4 is 5.73 Å². The smallest absolute Gasteiger partial charge is 0.366 e. The number of carbonyl (C=O) groups is 1. The molecule has 0 aliphatic carbocycles. The number of primary amides is 1. The highest BCUT2D eigenvalue weighted by molar-refractivity contribution is 6.33. The second-order valence-electron chi connectivity index (χ2n) is 2.56. The average Bonchev–Trinajstić information content (AvgIpc) is 2.02. The molecule has 1 amide bonds. The lowest BCUT2D eigenvalue weighted by Gasteiger charge is -2.08. The van der Waals surface area contributed by atoms with Crippen LogP contribution in [0.3, 0.4) is 0 Å². The highest BCUT2D eigenvalue weighted by Crippen LogP contribution is 2.31. The Kier molecular flexibility index (Phi) is 2.71. The van der Waals surface area contributed by atoms with Crippen molar-refractivity contribution in [3.8, 4) is 0 Å². The maximum Gasteiger partial charge on any atom is 0.416 e. The van der Waals surface area contributed by atoms with E-state index in [-0.39, 0.29) is 10.6 Å². The molecule has 0 fully saturated rings. The van der Waals surface area contributed by atoms with Crippen molar-refractivity contribution in [2.24, 2.45) is 5.73 Å². The van der Waals surface area contributed by atoms with Gasteiger partial charge in [-0.1, -0.05) is 11.6 Å². The monoisotopic (exact) mass is 223 g/mol. The van der Waals surface area contributed by atoms with Gasteiger partial charge < -0.3 is 5.73 Å². The van der Waals surface area contributed by atoms with E-state index in [4.69, 9.17) is 17.3 Å². The van der Waals surface area contributed by atoms with Gasteiger partial charge in [0.2, 0.25) is 5.91 Å². The first-order valence-electron chi connectivity index (χ1n) is 3.49. The Bertz CT molecular complexity index is 375. The van der Waals surface area contributed by atoms with Crippen LogP contribution in [0.2, 0.25) is 5.02 Å². The molecule has 0 unspecified atom stereocenters. The number of carbonyl (C=O) groups excluding carboxylic acids is 1. The Morgan fingerprint density at radius 2 is 1.93 bits per heavy atom. The fourth-order valence-corrected chi connectivity index (χ4v) is 1.10. The van der Waals surface area contributed by atoms with E-state index in [1.807, 2.05) is 0 Å². The molecule has 0 radical (unpaired) electrons. The topological polar surface area (TPSA) is 43.1 Å². The molecule has 1 aromatic carbocycles. The molecular formula is C8H5ClF3NO. The standard InChI is InChI=1S/C8H5ClF3NO/c9-6-2-1-4(8(10,11)12)3-5(6)7(13)14/h1-3H,(H2,13,14). The van der Waals surface area contributed by atoms with Gasteiger partial charge in [-0.15, -0.1) is 0 Å². The fraction of sp³-hybridized carbons (Fsp3) is 0.125. The largest absolute Gasteiger partial charge is 0.416 e. The van der Waals surface area contributed by atoms with Crippen molar-refractivity contribution in [1.82, 2.24) is 0 Å². The van der Waals surface area contributed by atoms with Crippen LogP contribution in [0.5, 0.6) is 0 Å². The molecule has 2 N–H and O–H groups in total. The molecule has 0 spiro atoms. The zero-order valence-electron chi connectivity index (χ0n) is 6.73. The first kappa shape index (κ1) is 10.8. The molecule has 0 aliphatic rings. The molecule has 2 nitrogen and oxygen atoms in total. The van der Waals surface area contributed by atoms with Crippen molar-refractivity contribution in [3.63, 3.8) is 0 Å². The van der Waals surface area contributed by atoms with Crippen molar-refractivity contribution in [3.05, 3.63) is 34.3 Å². The predicted molar refractivity (Wildman–Crippen MR) is 45.0 cm³/mol. The normalized spacial score (nSPS) is 11.4. The zero-order chi connectivity index (χ0) is 10.9. The van der Waals surface area contributed by atoms with Crippen LogP contribution in [0, 0.1) is 0 Å². The molecule has 0 aliphatic heterocycles. The lowest BCUT2D eigenvalue weighted by molar-refractivity contribution is -0.137. The van der Waals surface area contributed by atoms with Crippen LogP contribution in [-0.2, 0) is 6.18 Å². The number of nitrogens with two attached hydrogens (primary N) is 1. The second kappa shape index (κ2) is 3.49. The van der Waals surface area contributed by atoms with Gasteiger partial charge in [0, 0.05) is 0 Å². The molecule has 14 heavy (non-hydrogen) atoms. The second-order valence-corrected chi connectivity index (χ2v) is 2.96. The average molecular weight is 224 g/mol. The zero-order valence-corrected chi connectivity index (χ0v) is 7.49. The summed E-state index contributed by atoms with van der Waals surface area (Å²) in [4.78, 5) is 10.7. The minimum atomic E-state index is -4.51. The van der Waals surface area contributed by atoms with Crippen LogP contribution in [0.15, 0.2) is 18.2 Å². The third kappa shape index (κ3) is 2.17. The van der Waals surface area contributed by atoms with Gasteiger partial charge in [0.05, 0.1) is 16.1 Å². The van der Waals surface area contributed by atoms with Crippen LogP contribution in [-0.4, -0.2) is 5.91 Å². The summed E-state index contributed by atoms with van der Waals surface area (Å²) in [5.74, 6) is -0.985. The van der Waals surface area contributed by atoms with Crippen molar-refractivity contribution in [1.29, 1.82) is 0 Å². The van der Waals surface area contributed by atoms with Crippen LogP contribution in [0.1, 0.15) is 15.9 Å². The summed E-state index contributed by atoms with van der Waals surface area (Å²) >= 11 is 5.47. The summed E-state index contributed by atoms with van der Waals surface area (Å²) in [6, 6.07) is 2.41. The fourth-order valence-electron chi connectivity index (χ4n) is 0.890. The van der Waals surface area contributed by atoms with E-state index in [0.717, 1.165) is 12.1 Å². The Hall–Kier alpha value is -1.23. The molecule has 0 saturated carbocycles. The van der Waals surface area contributed by atoms with Gasteiger partial charge in [-0.3, -0.25) is 4.79 Å². The lowest BCUT2D eigenvalue weighted by atomic mass is 10.1. The Morgan fingerprint density at radius 3 is 2.36 bits per heavy atom. The van der Waals surface area contributed by atoms with Crippen molar-refractivity contribution < 1.29 is 18.0 Å². The van der Waals surface area contributed by atoms with Crippen LogP contribution >= 0.6 is 11.6 Å². The molecule has 1 rings (SSSR count). The van der Waals surface area contributed by atoms with Gasteiger partial charge in [-0.05, 0) is 18.2 Å². The number of amides is 1. The van der Waals surface area contributed by atoms with Gasteiger partial charge in [0.1, 0.15) is 0 Å². The summed E-state index contributed by atoms with van der Waals surface area (Å²) in [5, 5.41) is -0.0921. The summed E-state index contributed by atoms with van der Waals surface area (Å²) < 4.78 is 36.5. The summed E-state index contributed by atoms with van der Waals surface area (Å²) in [7, 11) is 0. The minimum absolute atomic E-state index is 0.0921. The molecule has 76 valence electrons. The number of rotatable bonds is 1.